The third-order valence-corrected chi connectivity index (χ3v) is 3.28. The fraction of sp³-hybridized carbons (Fsp3) is 0.154. The monoisotopic (exact) mass is 303 g/mol. The van der Waals surface area contributed by atoms with Crippen molar-refractivity contribution in [3.05, 3.63) is 57.2 Å². The summed E-state index contributed by atoms with van der Waals surface area (Å²) in [7, 11) is 0. The third-order valence-electron chi connectivity index (χ3n) is 3.02. The van der Waals surface area contributed by atoms with Gasteiger partial charge in [-0.3, -0.25) is 10.1 Å². The summed E-state index contributed by atoms with van der Waals surface area (Å²) in [5.41, 5.74) is 1.96. The van der Waals surface area contributed by atoms with Crippen molar-refractivity contribution < 1.29 is 4.92 Å². The van der Waals surface area contributed by atoms with E-state index in [4.69, 9.17) is 11.6 Å². The summed E-state index contributed by atoms with van der Waals surface area (Å²) < 4.78 is 1.77. The molecule has 0 aliphatic heterocycles. The first-order valence-corrected chi connectivity index (χ1v) is 6.50. The van der Waals surface area contributed by atoms with Gasteiger partial charge in [0.25, 0.3) is 5.69 Å². The van der Waals surface area contributed by atoms with Gasteiger partial charge in [-0.25, -0.2) is 15.0 Å². The van der Waals surface area contributed by atoms with Crippen LogP contribution in [0.1, 0.15) is 11.4 Å². The van der Waals surface area contributed by atoms with E-state index in [1.165, 1.54) is 12.1 Å². The molecule has 0 atom stereocenters. The van der Waals surface area contributed by atoms with Crippen molar-refractivity contribution in [3.63, 3.8) is 0 Å². The number of fused-ring (bicyclic) bond motifs is 1. The van der Waals surface area contributed by atoms with Gasteiger partial charge in [0.2, 0.25) is 0 Å². The number of hydrogen-bond acceptors (Lipinski definition) is 5. The fourth-order valence-electron chi connectivity index (χ4n) is 2.12. The second kappa shape index (κ2) is 5.10. The zero-order valence-electron chi connectivity index (χ0n) is 11.0. The van der Waals surface area contributed by atoms with Gasteiger partial charge in [0.05, 0.1) is 11.3 Å². The number of halogens is 1. The van der Waals surface area contributed by atoms with Crippen molar-refractivity contribution >= 4 is 28.5 Å². The average Bonchev–Trinajstić information content (AvgIpc) is 2.82. The van der Waals surface area contributed by atoms with Crippen LogP contribution >= 0.6 is 11.6 Å². The molecular formula is C13H10ClN5O2. The summed E-state index contributed by atoms with van der Waals surface area (Å²) in [5, 5.41) is 11.1. The molecule has 7 nitrogen and oxygen atoms in total. The molecule has 8 heteroatoms. The normalized spacial score (nSPS) is 11.0. The Balaban J connectivity index is 2.02. The molecule has 0 aliphatic carbocycles. The molecule has 21 heavy (non-hydrogen) atoms. The van der Waals surface area contributed by atoms with Gasteiger partial charge in [-0.2, -0.15) is 0 Å². The average molecular weight is 304 g/mol. The number of imidazole rings is 1. The van der Waals surface area contributed by atoms with Crippen LogP contribution in [0.15, 0.2) is 30.6 Å². The number of non-ortho nitro benzene ring substituents is 1. The summed E-state index contributed by atoms with van der Waals surface area (Å²) >= 11 is 6.14. The lowest BCUT2D eigenvalue weighted by Crippen LogP contribution is -2.01. The Morgan fingerprint density at radius 2 is 2.19 bits per heavy atom. The highest BCUT2D eigenvalue weighted by atomic mass is 35.5. The molecule has 0 saturated heterocycles. The van der Waals surface area contributed by atoms with Crippen molar-refractivity contribution in [2.24, 2.45) is 0 Å². The van der Waals surface area contributed by atoms with E-state index < -0.39 is 4.92 Å². The Bertz CT molecular complexity index is 846. The van der Waals surface area contributed by atoms with Gasteiger partial charge >= 0.3 is 0 Å². The highest BCUT2D eigenvalue weighted by Gasteiger charge is 2.12. The lowest BCUT2D eigenvalue weighted by atomic mass is 10.2. The quantitative estimate of drug-likeness (QED) is 0.422. The third kappa shape index (κ3) is 2.55. The predicted octanol–water partition coefficient (Wildman–Crippen LogP) is 2.74. The number of benzene rings is 1. The molecule has 2 heterocycles. The zero-order valence-corrected chi connectivity index (χ0v) is 11.8. The van der Waals surface area contributed by atoms with Crippen LogP contribution in [0, 0.1) is 17.0 Å². The smallest absolute Gasteiger partial charge is 0.269 e. The second-order valence-corrected chi connectivity index (χ2v) is 4.89. The molecule has 0 spiro atoms. The van der Waals surface area contributed by atoms with Crippen molar-refractivity contribution in [3.8, 4) is 0 Å². The lowest BCUT2D eigenvalue weighted by molar-refractivity contribution is -0.384. The van der Waals surface area contributed by atoms with Gasteiger partial charge < -0.3 is 4.57 Å². The number of nitro benzene ring substituents is 1. The van der Waals surface area contributed by atoms with E-state index in [2.05, 4.69) is 15.0 Å². The second-order valence-electron chi connectivity index (χ2n) is 4.53. The molecule has 0 radical (unpaired) electrons. The number of rotatable bonds is 3. The summed E-state index contributed by atoms with van der Waals surface area (Å²) in [5.74, 6) is 0.549. The number of aromatic nitrogens is 4. The fourth-order valence-corrected chi connectivity index (χ4v) is 2.44. The number of hydrogen-bond donors (Lipinski definition) is 0. The molecular weight excluding hydrogens is 294 g/mol. The largest absolute Gasteiger partial charge is 0.322 e. The molecule has 1 aromatic carbocycles. The molecule has 0 bridgehead atoms. The van der Waals surface area contributed by atoms with Crippen LogP contribution in [0.5, 0.6) is 0 Å². The van der Waals surface area contributed by atoms with Gasteiger partial charge in [0.1, 0.15) is 11.3 Å². The van der Waals surface area contributed by atoms with E-state index in [9.17, 15) is 10.1 Å². The van der Waals surface area contributed by atoms with Gasteiger partial charge in [0.15, 0.2) is 10.8 Å². The van der Waals surface area contributed by atoms with Crippen LogP contribution in [0.3, 0.4) is 0 Å². The maximum atomic E-state index is 10.8. The van der Waals surface area contributed by atoms with Crippen LogP contribution < -0.4 is 0 Å². The van der Waals surface area contributed by atoms with Crippen LogP contribution in [0.4, 0.5) is 5.69 Å². The summed E-state index contributed by atoms with van der Waals surface area (Å²) in [6, 6.07) is 6.43. The maximum absolute atomic E-state index is 10.8. The number of nitrogens with zero attached hydrogens (tertiary/aromatic N) is 5. The topological polar surface area (TPSA) is 86.7 Å². The van der Waals surface area contributed by atoms with Gasteiger partial charge in [-0.15, -0.1) is 0 Å². The van der Waals surface area contributed by atoms with Crippen LogP contribution in [-0.2, 0) is 6.54 Å². The Morgan fingerprint density at radius 3 is 2.95 bits per heavy atom. The van der Waals surface area contributed by atoms with E-state index in [1.807, 2.05) is 6.07 Å². The molecule has 0 saturated carbocycles. The first-order valence-electron chi connectivity index (χ1n) is 6.13. The standard InChI is InChI=1S/C13H10ClN5O2/c1-8-16-12(14)11-13(17-8)15-7-18(11)6-9-3-2-4-10(5-9)19(20)21/h2-5,7H,6H2,1H3. The molecule has 0 amide bonds. The minimum atomic E-state index is -0.422. The van der Waals surface area contributed by atoms with Gasteiger partial charge in [-0.05, 0) is 12.5 Å². The highest BCUT2D eigenvalue weighted by Crippen LogP contribution is 2.21. The van der Waals surface area contributed by atoms with E-state index in [0.29, 0.717) is 28.7 Å². The van der Waals surface area contributed by atoms with Gasteiger partial charge in [0, 0.05) is 18.7 Å². The Kier molecular flexibility index (Phi) is 3.26. The molecule has 0 fully saturated rings. The maximum Gasteiger partial charge on any atom is 0.269 e. The van der Waals surface area contributed by atoms with E-state index in [-0.39, 0.29) is 5.69 Å². The van der Waals surface area contributed by atoms with Crippen molar-refractivity contribution in [2.45, 2.75) is 13.5 Å². The molecule has 0 N–H and O–H groups in total. The predicted molar refractivity (Wildman–Crippen MR) is 77.3 cm³/mol. The molecule has 2 aromatic heterocycles. The van der Waals surface area contributed by atoms with Gasteiger partial charge in [-0.1, -0.05) is 23.7 Å². The first kappa shape index (κ1) is 13.4. The highest BCUT2D eigenvalue weighted by molar-refractivity contribution is 6.33. The first-order chi connectivity index (χ1) is 10.0. The van der Waals surface area contributed by atoms with Crippen molar-refractivity contribution in [1.82, 2.24) is 19.5 Å². The molecule has 3 rings (SSSR count). The Morgan fingerprint density at radius 1 is 1.38 bits per heavy atom. The van der Waals surface area contributed by atoms with Crippen LogP contribution in [0.2, 0.25) is 5.15 Å². The van der Waals surface area contributed by atoms with E-state index in [1.54, 1.807) is 23.9 Å². The van der Waals surface area contributed by atoms with Crippen LogP contribution in [-0.4, -0.2) is 24.4 Å². The number of nitro groups is 1. The van der Waals surface area contributed by atoms with E-state index in [0.717, 1.165) is 5.56 Å². The molecule has 0 unspecified atom stereocenters. The summed E-state index contributed by atoms with van der Waals surface area (Å²) in [6.45, 7) is 2.15. The minimum absolute atomic E-state index is 0.0510. The van der Waals surface area contributed by atoms with Crippen LogP contribution in [0.25, 0.3) is 11.2 Å². The lowest BCUT2D eigenvalue weighted by Gasteiger charge is -2.05. The molecule has 3 aromatic rings. The molecule has 0 aliphatic rings. The summed E-state index contributed by atoms with van der Waals surface area (Å²) in [6.07, 6.45) is 1.60. The van der Waals surface area contributed by atoms with Crippen molar-refractivity contribution in [1.29, 1.82) is 0 Å². The minimum Gasteiger partial charge on any atom is -0.322 e. The summed E-state index contributed by atoms with van der Waals surface area (Å²) in [4.78, 5) is 22.9. The Labute approximate surface area is 124 Å². The SMILES string of the molecule is Cc1nc(Cl)c2c(ncn2Cc2cccc([N+](=O)[O-])c2)n1. The Hall–Kier alpha value is -2.54. The number of aryl methyl sites for hydroxylation is 1. The van der Waals surface area contributed by atoms with E-state index >= 15 is 0 Å². The van der Waals surface area contributed by atoms with Crippen molar-refractivity contribution in [2.75, 3.05) is 0 Å². The molecule has 106 valence electrons. The zero-order chi connectivity index (χ0) is 15.0.